The molecule has 6 nitrogen and oxygen atoms in total. The van der Waals surface area contributed by atoms with Crippen LogP contribution in [0.3, 0.4) is 0 Å². The zero-order valence-corrected chi connectivity index (χ0v) is 10.8. The Morgan fingerprint density at radius 1 is 1.58 bits per heavy atom. The maximum atomic E-state index is 12.4. The summed E-state index contributed by atoms with van der Waals surface area (Å²) in [7, 11) is 0. The van der Waals surface area contributed by atoms with Gasteiger partial charge in [0, 0.05) is 25.0 Å². The molecule has 0 spiro atoms. The number of likely N-dealkylation sites (tertiary alicyclic amines) is 1. The van der Waals surface area contributed by atoms with Crippen LogP contribution in [-0.2, 0) is 6.54 Å². The van der Waals surface area contributed by atoms with E-state index in [0.717, 1.165) is 25.9 Å². The molecule has 0 radical (unpaired) electrons. The Labute approximate surface area is 111 Å². The minimum atomic E-state index is -0.0495. The molecule has 0 aromatic carbocycles. The number of aryl methyl sites for hydroxylation is 1. The van der Waals surface area contributed by atoms with E-state index in [9.17, 15) is 4.79 Å². The van der Waals surface area contributed by atoms with Crippen LogP contribution in [0.5, 0.6) is 0 Å². The predicted molar refractivity (Wildman–Crippen MR) is 67.5 cm³/mol. The highest BCUT2D eigenvalue weighted by molar-refractivity contribution is 5.92. The van der Waals surface area contributed by atoms with Gasteiger partial charge in [0.05, 0.1) is 12.6 Å². The Kier molecular flexibility index (Phi) is 3.06. The van der Waals surface area contributed by atoms with E-state index in [2.05, 4.69) is 10.3 Å². The summed E-state index contributed by atoms with van der Waals surface area (Å²) in [5.41, 5.74) is 0.393. The molecule has 1 aliphatic heterocycles. The average molecular weight is 260 g/mol. The number of carbonyl (C=O) groups is 1. The van der Waals surface area contributed by atoms with Gasteiger partial charge in [0.25, 0.3) is 5.91 Å². The zero-order valence-electron chi connectivity index (χ0n) is 10.8. The van der Waals surface area contributed by atoms with Gasteiger partial charge >= 0.3 is 0 Å². The molecule has 19 heavy (non-hydrogen) atoms. The lowest BCUT2D eigenvalue weighted by Gasteiger charge is -2.23. The topological polar surface area (TPSA) is 64.2 Å². The highest BCUT2D eigenvalue weighted by Gasteiger charge is 2.31. The summed E-state index contributed by atoms with van der Waals surface area (Å²) in [6.45, 7) is 3.29. The highest BCUT2D eigenvalue weighted by Crippen LogP contribution is 2.21. The number of nitrogens with zero attached hydrogens (tertiary/aromatic N) is 4. The van der Waals surface area contributed by atoms with Crippen molar-refractivity contribution >= 4 is 5.91 Å². The molecule has 2 aromatic heterocycles. The molecular formula is C13H16N4O2. The molecule has 1 atom stereocenters. The first kappa shape index (κ1) is 12.0. The first-order chi connectivity index (χ1) is 9.24. The van der Waals surface area contributed by atoms with Crippen molar-refractivity contribution in [2.75, 3.05) is 6.54 Å². The van der Waals surface area contributed by atoms with Crippen molar-refractivity contribution in [3.63, 3.8) is 0 Å². The standard InChI is InChI=1S/C13H16N4O2/c1-10-8-12(15-19-10)13(18)17-7-2-4-11(17)9-16-6-3-5-14-16/h3,5-6,8,11H,2,4,7,9H2,1H3/t11-/m0/s1. The maximum Gasteiger partial charge on any atom is 0.276 e. The number of aromatic nitrogens is 3. The summed E-state index contributed by atoms with van der Waals surface area (Å²) in [5.74, 6) is 0.609. The molecule has 1 amide bonds. The minimum Gasteiger partial charge on any atom is -0.361 e. The number of hydrogen-bond acceptors (Lipinski definition) is 4. The molecule has 1 saturated heterocycles. The van der Waals surface area contributed by atoms with Gasteiger partial charge in [0.15, 0.2) is 5.69 Å². The molecule has 0 bridgehead atoms. The summed E-state index contributed by atoms with van der Waals surface area (Å²) in [5, 5.41) is 8.00. The van der Waals surface area contributed by atoms with Crippen molar-refractivity contribution in [2.45, 2.75) is 32.4 Å². The van der Waals surface area contributed by atoms with Crippen LogP contribution in [0, 0.1) is 6.92 Å². The van der Waals surface area contributed by atoms with Crippen LogP contribution in [0.1, 0.15) is 29.1 Å². The van der Waals surface area contributed by atoms with Gasteiger partial charge < -0.3 is 9.42 Å². The van der Waals surface area contributed by atoms with Crippen LogP contribution in [0.15, 0.2) is 29.0 Å². The van der Waals surface area contributed by atoms with Crippen molar-refractivity contribution < 1.29 is 9.32 Å². The summed E-state index contributed by atoms with van der Waals surface area (Å²) in [6, 6.07) is 3.76. The predicted octanol–water partition coefficient (Wildman–Crippen LogP) is 1.48. The molecule has 0 aliphatic carbocycles. The van der Waals surface area contributed by atoms with Crippen LogP contribution < -0.4 is 0 Å². The zero-order chi connectivity index (χ0) is 13.2. The van der Waals surface area contributed by atoms with Gasteiger partial charge in [0.2, 0.25) is 0 Å². The number of amides is 1. The smallest absolute Gasteiger partial charge is 0.276 e. The van der Waals surface area contributed by atoms with Gasteiger partial charge in [-0.15, -0.1) is 0 Å². The molecule has 3 heterocycles. The Balaban J connectivity index is 1.74. The fraction of sp³-hybridized carbons (Fsp3) is 0.462. The number of hydrogen-bond donors (Lipinski definition) is 0. The third kappa shape index (κ3) is 2.38. The van der Waals surface area contributed by atoms with Crippen molar-refractivity contribution in [3.05, 3.63) is 36.0 Å². The number of carbonyl (C=O) groups excluding carboxylic acids is 1. The van der Waals surface area contributed by atoms with Crippen LogP contribution >= 0.6 is 0 Å². The summed E-state index contributed by atoms with van der Waals surface area (Å²) in [6.07, 6.45) is 5.69. The first-order valence-electron chi connectivity index (χ1n) is 6.46. The van der Waals surface area contributed by atoms with E-state index in [1.54, 1.807) is 19.2 Å². The van der Waals surface area contributed by atoms with E-state index >= 15 is 0 Å². The van der Waals surface area contributed by atoms with Gasteiger partial charge in [-0.05, 0) is 25.8 Å². The quantitative estimate of drug-likeness (QED) is 0.838. The van der Waals surface area contributed by atoms with E-state index < -0.39 is 0 Å². The van der Waals surface area contributed by atoms with Crippen molar-refractivity contribution in [3.8, 4) is 0 Å². The molecule has 1 fully saturated rings. The van der Waals surface area contributed by atoms with E-state index in [0.29, 0.717) is 11.5 Å². The fourth-order valence-corrected chi connectivity index (χ4v) is 2.53. The monoisotopic (exact) mass is 260 g/mol. The Morgan fingerprint density at radius 2 is 2.47 bits per heavy atom. The molecule has 0 saturated carbocycles. The third-order valence-corrected chi connectivity index (χ3v) is 3.44. The van der Waals surface area contributed by atoms with Crippen LogP contribution in [-0.4, -0.2) is 38.3 Å². The second-order valence-corrected chi connectivity index (χ2v) is 4.85. The minimum absolute atomic E-state index is 0.0495. The van der Waals surface area contributed by atoms with Gasteiger partial charge in [-0.3, -0.25) is 9.48 Å². The van der Waals surface area contributed by atoms with Crippen molar-refractivity contribution in [2.24, 2.45) is 0 Å². The molecule has 1 aliphatic rings. The van der Waals surface area contributed by atoms with Gasteiger partial charge in [0.1, 0.15) is 5.76 Å². The van der Waals surface area contributed by atoms with E-state index in [-0.39, 0.29) is 11.9 Å². The highest BCUT2D eigenvalue weighted by atomic mass is 16.5. The first-order valence-corrected chi connectivity index (χ1v) is 6.46. The molecule has 100 valence electrons. The SMILES string of the molecule is Cc1cc(C(=O)N2CCC[C@H]2Cn2cccn2)no1. The molecule has 2 aromatic rings. The Bertz CT molecular complexity index is 561. The van der Waals surface area contributed by atoms with Crippen LogP contribution in [0.2, 0.25) is 0 Å². The molecule has 0 N–H and O–H groups in total. The Morgan fingerprint density at radius 3 is 3.16 bits per heavy atom. The third-order valence-electron chi connectivity index (χ3n) is 3.44. The van der Waals surface area contributed by atoms with E-state index in [4.69, 9.17) is 4.52 Å². The summed E-state index contributed by atoms with van der Waals surface area (Å²) >= 11 is 0. The molecular weight excluding hydrogens is 244 g/mol. The largest absolute Gasteiger partial charge is 0.361 e. The van der Waals surface area contributed by atoms with Gasteiger partial charge in [-0.25, -0.2) is 0 Å². The second kappa shape index (κ2) is 4.87. The summed E-state index contributed by atoms with van der Waals surface area (Å²) < 4.78 is 6.84. The molecule has 0 unspecified atom stereocenters. The Hall–Kier alpha value is -2.11. The second-order valence-electron chi connectivity index (χ2n) is 4.85. The fourth-order valence-electron chi connectivity index (χ4n) is 2.53. The maximum absolute atomic E-state index is 12.4. The summed E-state index contributed by atoms with van der Waals surface area (Å²) in [4.78, 5) is 14.2. The van der Waals surface area contributed by atoms with Crippen LogP contribution in [0.25, 0.3) is 0 Å². The lowest BCUT2D eigenvalue weighted by Crippen LogP contribution is -2.38. The lowest BCUT2D eigenvalue weighted by molar-refractivity contribution is 0.0711. The van der Waals surface area contributed by atoms with Crippen molar-refractivity contribution in [1.29, 1.82) is 0 Å². The van der Waals surface area contributed by atoms with E-state index in [1.165, 1.54) is 0 Å². The molecule has 3 rings (SSSR count). The van der Waals surface area contributed by atoms with E-state index in [1.807, 2.05) is 21.8 Å². The number of rotatable bonds is 3. The van der Waals surface area contributed by atoms with Crippen LogP contribution in [0.4, 0.5) is 0 Å². The van der Waals surface area contributed by atoms with Gasteiger partial charge in [-0.1, -0.05) is 5.16 Å². The normalized spacial score (nSPS) is 19.0. The lowest BCUT2D eigenvalue weighted by atomic mass is 10.2. The van der Waals surface area contributed by atoms with Gasteiger partial charge in [-0.2, -0.15) is 5.10 Å². The van der Waals surface area contributed by atoms with Crippen molar-refractivity contribution in [1.82, 2.24) is 19.8 Å². The molecule has 6 heteroatoms. The average Bonchev–Trinajstić information content (AvgIpc) is 3.10.